The van der Waals surface area contributed by atoms with Gasteiger partial charge in [-0.15, -0.1) is 0 Å². The quantitative estimate of drug-likeness (QED) is 0.753. The Bertz CT molecular complexity index is 428. The van der Waals surface area contributed by atoms with E-state index in [0.29, 0.717) is 6.42 Å². The molecule has 0 aliphatic heterocycles. The molecule has 0 heterocycles. The minimum absolute atomic E-state index is 0.000616. The second-order valence-electron chi connectivity index (χ2n) is 4.18. The van der Waals surface area contributed by atoms with Crippen molar-refractivity contribution in [1.29, 1.82) is 5.26 Å². The van der Waals surface area contributed by atoms with E-state index in [4.69, 9.17) is 11.0 Å². The van der Waals surface area contributed by atoms with Crippen LogP contribution in [0.5, 0.6) is 0 Å². The van der Waals surface area contributed by atoms with Crippen LogP contribution in [0.3, 0.4) is 0 Å². The second-order valence-corrected chi connectivity index (χ2v) is 4.18. The molecule has 0 aliphatic rings. The fraction of sp³-hybridized carbons (Fsp3) is 0.385. The van der Waals surface area contributed by atoms with Crippen LogP contribution in [0.25, 0.3) is 0 Å². The number of carbonyl (C=O) groups excluding carboxylic acids is 1. The zero-order valence-electron chi connectivity index (χ0n) is 10.2. The largest absolute Gasteiger partial charge is 0.342 e. The third kappa shape index (κ3) is 4.25. The maximum atomic E-state index is 11.5. The van der Waals surface area contributed by atoms with Gasteiger partial charge in [0.15, 0.2) is 0 Å². The zero-order valence-corrected chi connectivity index (χ0v) is 10.2. The van der Waals surface area contributed by atoms with E-state index in [0.717, 1.165) is 16.7 Å². The predicted molar refractivity (Wildman–Crippen MR) is 66.2 cm³/mol. The summed E-state index contributed by atoms with van der Waals surface area (Å²) in [6, 6.07) is 7.35. The van der Waals surface area contributed by atoms with E-state index >= 15 is 0 Å². The van der Waals surface area contributed by atoms with Gasteiger partial charge in [0.25, 0.3) is 0 Å². The summed E-state index contributed by atoms with van der Waals surface area (Å²) < 4.78 is 0. The van der Waals surface area contributed by atoms with Crippen molar-refractivity contribution in [1.82, 2.24) is 5.32 Å². The van der Waals surface area contributed by atoms with Gasteiger partial charge in [-0.1, -0.05) is 29.3 Å². The van der Waals surface area contributed by atoms with Crippen LogP contribution in [-0.4, -0.2) is 18.5 Å². The van der Waals surface area contributed by atoms with Crippen LogP contribution >= 0.6 is 0 Å². The molecule has 0 saturated carbocycles. The third-order valence-corrected chi connectivity index (χ3v) is 2.42. The van der Waals surface area contributed by atoms with Crippen molar-refractivity contribution < 1.29 is 4.79 Å². The van der Waals surface area contributed by atoms with Crippen molar-refractivity contribution in [2.24, 2.45) is 5.73 Å². The molecule has 1 rings (SSSR count). The minimum atomic E-state index is -0.607. The van der Waals surface area contributed by atoms with Gasteiger partial charge in [0.05, 0.1) is 12.1 Å². The molecule has 3 N–H and O–H groups in total. The third-order valence-electron chi connectivity index (χ3n) is 2.42. The molecule has 1 aromatic carbocycles. The summed E-state index contributed by atoms with van der Waals surface area (Å²) in [4.78, 5) is 11.5. The molecule has 1 aromatic rings. The van der Waals surface area contributed by atoms with Gasteiger partial charge in [0.2, 0.25) is 5.91 Å². The molecule has 0 aromatic heterocycles. The summed E-state index contributed by atoms with van der Waals surface area (Å²) in [7, 11) is 0. The number of benzene rings is 1. The molecule has 4 nitrogen and oxygen atoms in total. The number of nitrogens with one attached hydrogen (secondary N) is 1. The van der Waals surface area contributed by atoms with Gasteiger partial charge >= 0.3 is 0 Å². The highest BCUT2D eigenvalue weighted by Gasteiger charge is 2.13. The highest BCUT2D eigenvalue weighted by molar-refractivity contribution is 5.82. The second kappa shape index (κ2) is 6.02. The molecule has 17 heavy (non-hydrogen) atoms. The van der Waals surface area contributed by atoms with Gasteiger partial charge < -0.3 is 11.1 Å². The minimum Gasteiger partial charge on any atom is -0.342 e. The fourth-order valence-electron chi connectivity index (χ4n) is 1.79. The molecule has 0 saturated heterocycles. The molecule has 0 spiro atoms. The van der Waals surface area contributed by atoms with E-state index in [-0.39, 0.29) is 12.5 Å². The first-order valence-electron chi connectivity index (χ1n) is 5.50. The number of nitriles is 1. The number of carbonyl (C=O) groups is 1. The average Bonchev–Trinajstić information content (AvgIpc) is 2.24. The van der Waals surface area contributed by atoms with Crippen LogP contribution in [-0.2, 0) is 11.2 Å². The SMILES string of the molecule is Cc1cc(C)cc(C[C@H](N)C(=O)NCC#N)c1. The maximum Gasteiger partial charge on any atom is 0.238 e. The van der Waals surface area contributed by atoms with E-state index in [9.17, 15) is 4.79 Å². The highest BCUT2D eigenvalue weighted by atomic mass is 16.2. The summed E-state index contributed by atoms with van der Waals surface area (Å²) in [6.45, 7) is 4.02. The molecule has 4 heteroatoms. The monoisotopic (exact) mass is 231 g/mol. The molecule has 0 unspecified atom stereocenters. The van der Waals surface area contributed by atoms with Crippen LogP contribution in [0, 0.1) is 25.2 Å². The van der Waals surface area contributed by atoms with E-state index in [1.807, 2.05) is 32.0 Å². The Morgan fingerprint density at radius 2 is 2.00 bits per heavy atom. The number of nitrogens with zero attached hydrogens (tertiary/aromatic N) is 1. The van der Waals surface area contributed by atoms with Crippen molar-refractivity contribution in [2.75, 3.05) is 6.54 Å². The van der Waals surface area contributed by atoms with Gasteiger partial charge in [0.1, 0.15) is 6.54 Å². The Morgan fingerprint density at radius 1 is 1.41 bits per heavy atom. The van der Waals surface area contributed by atoms with Crippen LogP contribution < -0.4 is 11.1 Å². The first-order valence-corrected chi connectivity index (χ1v) is 5.50. The molecular weight excluding hydrogens is 214 g/mol. The molecule has 0 aliphatic carbocycles. The van der Waals surface area contributed by atoms with Gasteiger partial charge in [-0.05, 0) is 25.8 Å². The summed E-state index contributed by atoms with van der Waals surface area (Å²) in [5.74, 6) is -0.286. The van der Waals surface area contributed by atoms with Crippen LogP contribution in [0.4, 0.5) is 0 Å². The molecule has 0 radical (unpaired) electrons. The van der Waals surface area contributed by atoms with Gasteiger partial charge in [-0.25, -0.2) is 0 Å². The molecular formula is C13H17N3O. The normalized spacial score (nSPS) is 11.6. The van der Waals surface area contributed by atoms with Crippen molar-refractivity contribution in [3.8, 4) is 6.07 Å². The van der Waals surface area contributed by atoms with Crippen LogP contribution in [0.15, 0.2) is 18.2 Å². The molecule has 1 atom stereocenters. The predicted octanol–water partition coefficient (Wildman–Crippen LogP) is 0.813. The molecule has 0 bridgehead atoms. The lowest BCUT2D eigenvalue weighted by Crippen LogP contribution is -2.42. The first kappa shape index (κ1) is 13.2. The smallest absolute Gasteiger partial charge is 0.238 e. The number of amides is 1. The van der Waals surface area contributed by atoms with Gasteiger partial charge in [0, 0.05) is 0 Å². The Kier molecular flexibility index (Phi) is 4.68. The summed E-state index contributed by atoms with van der Waals surface area (Å²) >= 11 is 0. The lowest BCUT2D eigenvalue weighted by Gasteiger charge is -2.11. The molecule has 0 fully saturated rings. The lowest BCUT2D eigenvalue weighted by atomic mass is 10.0. The number of nitrogens with two attached hydrogens (primary N) is 1. The van der Waals surface area contributed by atoms with Gasteiger partial charge in [-0.2, -0.15) is 5.26 Å². The average molecular weight is 231 g/mol. The number of hydrogen-bond acceptors (Lipinski definition) is 3. The Hall–Kier alpha value is -1.86. The first-order chi connectivity index (χ1) is 8.02. The van der Waals surface area contributed by atoms with Crippen LogP contribution in [0.2, 0.25) is 0 Å². The van der Waals surface area contributed by atoms with Crippen molar-refractivity contribution in [3.05, 3.63) is 34.9 Å². The van der Waals surface area contributed by atoms with E-state index in [1.54, 1.807) is 0 Å². The van der Waals surface area contributed by atoms with E-state index in [2.05, 4.69) is 11.4 Å². The van der Waals surface area contributed by atoms with Crippen LogP contribution in [0.1, 0.15) is 16.7 Å². The summed E-state index contributed by atoms with van der Waals surface area (Å²) in [6.07, 6.45) is 0.486. The summed E-state index contributed by atoms with van der Waals surface area (Å²) in [5, 5.41) is 10.8. The Labute approximate surface area is 101 Å². The topological polar surface area (TPSA) is 78.9 Å². The highest BCUT2D eigenvalue weighted by Crippen LogP contribution is 2.10. The summed E-state index contributed by atoms with van der Waals surface area (Å²) in [5.41, 5.74) is 9.13. The fourth-order valence-corrected chi connectivity index (χ4v) is 1.79. The number of rotatable bonds is 4. The number of aryl methyl sites for hydroxylation is 2. The molecule has 90 valence electrons. The Balaban J connectivity index is 2.64. The van der Waals surface area contributed by atoms with Gasteiger partial charge in [-0.3, -0.25) is 4.79 Å². The van der Waals surface area contributed by atoms with E-state index < -0.39 is 6.04 Å². The number of hydrogen-bond donors (Lipinski definition) is 2. The van der Waals surface area contributed by atoms with Crippen molar-refractivity contribution >= 4 is 5.91 Å². The maximum absolute atomic E-state index is 11.5. The standard InChI is InChI=1S/C13H17N3O/c1-9-5-10(2)7-11(6-9)8-12(15)13(17)16-4-3-14/h5-7,12H,4,8,15H2,1-2H3,(H,16,17)/t12-/m0/s1. The van der Waals surface area contributed by atoms with E-state index in [1.165, 1.54) is 0 Å². The zero-order chi connectivity index (χ0) is 12.8. The van der Waals surface area contributed by atoms with Crippen molar-refractivity contribution in [2.45, 2.75) is 26.3 Å². The Morgan fingerprint density at radius 3 is 2.53 bits per heavy atom. The van der Waals surface area contributed by atoms with Crippen molar-refractivity contribution in [3.63, 3.8) is 0 Å². The molecule has 1 amide bonds. The lowest BCUT2D eigenvalue weighted by molar-refractivity contribution is -0.122.